The summed E-state index contributed by atoms with van der Waals surface area (Å²) in [4.78, 5) is 17.6. The number of nitrogens with zero attached hydrogens (tertiary/aromatic N) is 4. The van der Waals surface area contributed by atoms with Crippen molar-refractivity contribution in [2.45, 2.75) is 86.1 Å². The third-order valence-electron chi connectivity index (χ3n) is 6.89. The first-order valence-corrected chi connectivity index (χ1v) is 12.3. The van der Waals surface area contributed by atoms with Crippen LogP contribution in [0.5, 0.6) is 0 Å². The molecule has 0 aliphatic heterocycles. The Labute approximate surface area is 196 Å². The van der Waals surface area contributed by atoms with Crippen LogP contribution < -0.4 is 0 Å². The van der Waals surface area contributed by atoms with E-state index in [1.807, 2.05) is 20.8 Å². The lowest BCUT2D eigenvalue weighted by Gasteiger charge is -2.42. The van der Waals surface area contributed by atoms with Crippen molar-refractivity contribution in [3.05, 3.63) is 35.5 Å². The number of allylic oxidation sites excluding steroid dienone is 2. The van der Waals surface area contributed by atoms with Crippen molar-refractivity contribution < 1.29 is 14.3 Å². The number of aliphatic hydroxyl groups is 1. The average Bonchev–Trinajstić information content (AvgIpc) is 3.12. The average molecular weight is 457 g/mol. The van der Waals surface area contributed by atoms with E-state index in [4.69, 9.17) is 0 Å². The van der Waals surface area contributed by atoms with Crippen molar-refractivity contribution >= 4 is 22.8 Å². The molecule has 1 N–H and O–H groups in total. The molecular formula is C26H37FN4O2. The standard InChI is InChI=1S/C26H37FN4O2/c1-6-8-13-26(14-9-7-2)15-21(32)22(24(33)18(26)5)29-30-25-28-20-12-10-11-19(27)23(20)31(25)16-17(3)4/h10-12,17-18,33H,6-9,13-16H2,1-5H3. The van der Waals surface area contributed by atoms with Gasteiger partial charge in [-0.15, -0.1) is 10.2 Å². The number of Topliss-reactive ketones (excluding diaryl/α,β-unsaturated/α-hetero) is 1. The van der Waals surface area contributed by atoms with Crippen molar-refractivity contribution in [1.82, 2.24) is 9.55 Å². The molecule has 7 heteroatoms. The van der Waals surface area contributed by atoms with Crippen molar-refractivity contribution in [3.63, 3.8) is 0 Å². The van der Waals surface area contributed by atoms with Crippen molar-refractivity contribution in [2.75, 3.05) is 0 Å². The number of carbonyl (C=O) groups is 1. The molecule has 1 aliphatic carbocycles. The van der Waals surface area contributed by atoms with Gasteiger partial charge in [-0.2, -0.15) is 0 Å². The molecule has 1 heterocycles. The quantitative estimate of drug-likeness (QED) is 0.373. The number of fused-ring (bicyclic) bond motifs is 1. The highest BCUT2D eigenvalue weighted by molar-refractivity contribution is 5.97. The molecule has 1 aromatic heterocycles. The fourth-order valence-electron chi connectivity index (χ4n) is 4.93. The van der Waals surface area contributed by atoms with Crippen LogP contribution in [0.2, 0.25) is 0 Å². The van der Waals surface area contributed by atoms with Crippen LogP contribution in [0.3, 0.4) is 0 Å². The van der Waals surface area contributed by atoms with Gasteiger partial charge in [0.1, 0.15) is 17.1 Å². The largest absolute Gasteiger partial charge is 0.510 e. The minimum absolute atomic E-state index is 0.00902. The molecule has 33 heavy (non-hydrogen) atoms. The maximum Gasteiger partial charge on any atom is 0.250 e. The third kappa shape index (κ3) is 5.17. The lowest BCUT2D eigenvalue weighted by Crippen LogP contribution is -2.38. The summed E-state index contributed by atoms with van der Waals surface area (Å²) in [6, 6.07) is 4.74. The molecule has 6 nitrogen and oxygen atoms in total. The number of hydrogen-bond donors (Lipinski definition) is 1. The summed E-state index contributed by atoms with van der Waals surface area (Å²) in [5.41, 5.74) is 0.638. The van der Waals surface area contributed by atoms with Crippen LogP contribution in [0.1, 0.15) is 79.6 Å². The first-order chi connectivity index (χ1) is 15.7. The Morgan fingerprint density at radius 2 is 1.88 bits per heavy atom. The number of rotatable bonds is 10. The van der Waals surface area contributed by atoms with Crippen LogP contribution in [-0.4, -0.2) is 20.4 Å². The number of benzene rings is 1. The molecule has 1 unspecified atom stereocenters. The van der Waals surface area contributed by atoms with Gasteiger partial charge < -0.3 is 9.67 Å². The Bertz CT molecular complexity index is 1050. The zero-order valence-corrected chi connectivity index (χ0v) is 20.6. The maximum atomic E-state index is 14.5. The molecule has 0 saturated heterocycles. The van der Waals surface area contributed by atoms with Gasteiger partial charge in [0.25, 0.3) is 5.95 Å². The highest BCUT2D eigenvalue weighted by Gasteiger charge is 2.45. The number of halogens is 1. The van der Waals surface area contributed by atoms with E-state index >= 15 is 0 Å². The van der Waals surface area contributed by atoms with E-state index in [2.05, 4.69) is 29.1 Å². The second-order valence-corrected chi connectivity index (χ2v) is 9.85. The van der Waals surface area contributed by atoms with Crippen LogP contribution in [0.15, 0.2) is 39.9 Å². The fourth-order valence-corrected chi connectivity index (χ4v) is 4.93. The number of aromatic nitrogens is 2. The first kappa shape index (κ1) is 25.1. The van der Waals surface area contributed by atoms with E-state index in [0.29, 0.717) is 24.0 Å². The summed E-state index contributed by atoms with van der Waals surface area (Å²) in [6.07, 6.45) is 6.34. The molecule has 0 radical (unpaired) electrons. The van der Waals surface area contributed by atoms with E-state index in [9.17, 15) is 14.3 Å². The Morgan fingerprint density at radius 3 is 2.48 bits per heavy atom. The number of hydrogen-bond acceptors (Lipinski definition) is 5. The van der Waals surface area contributed by atoms with E-state index in [-0.39, 0.29) is 46.3 Å². The summed E-state index contributed by atoms with van der Waals surface area (Å²) in [5.74, 6) is -0.243. The zero-order valence-electron chi connectivity index (χ0n) is 20.6. The Kier molecular flexibility index (Phi) is 8.03. The molecule has 0 fully saturated rings. The minimum atomic E-state index is -0.372. The molecule has 3 rings (SSSR count). The number of ketones is 1. The minimum Gasteiger partial charge on any atom is -0.510 e. The lowest BCUT2D eigenvalue weighted by molar-refractivity contribution is -0.121. The number of azo groups is 1. The number of aliphatic hydroxyl groups excluding tert-OH is 1. The van der Waals surface area contributed by atoms with Gasteiger partial charge in [0.2, 0.25) is 0 Å². The second kappa shape index (κ2) is 10.6. The zero-order chi connectivity index (χ0) is 24.2. The van der Waals surface area contributed by atoms with E-state index in [0.717, 1.165) is 38.5 Å². The van der Waals surface area contributed by atoms with Gasteiger partial charge in [0.15, 0.2) is 11.5 Å². The smallest absolute Gasteiger partial charge is 0.250 e. The fraction of sp³-hybridized carbons (Fsp3) is 0.615. The summed E-state index contributed by atoms with van der Waals surface area (Å²) in [7, 11) is 0. The Hall–Kier alpha value is -2.57. The van der Waals surface area contributed by atoms with Gasteiger partial charge >= 0.3 is 0 Å². The monoisotopic (exact) mass is 456 g/mol. The molecular weight excluding hydrogens is 419 g/mol. The van der Waals surface area contributed by atoms with Gasteiger partial charge in [-0.1, -0.05) is 66.4 Å². The molecule has 180 valence electrons. The summed E-state index contributed by atoms with van der Waals surface area (Å²) < 4.78 is 16.2. The highest BCUT2D eigenvalue weighted by atomic mass is 19.1. The molecule has 0 bridgehead atoms. The number of unbranched alkanes of at least 4 members (excludes halogenated alkanes) is 2. The predicted molar refractivity (Wildman–Crippen MR) is 129 cm³/mol. The topological polar surface area (TPSA) is 79.8 Å². The van der Waals surface area contributed by atoms with Gasteiger partial charge in [0, 0.05) is 18.9 Å². The Balaban J connectivity index is 2.00. The second-order valence-electron chi connectivity index (χ2n) is 9.85. The van der Waals surface area contributed by atoms with Gasteiger partial charge in [-0.05, 0) is 36.3 Å². The maximum absolute atomic E-state index is 14.5. The molecule has 1 aromatic carbocycles. The number of carbonyl (C=O) groups excluding carboxylic acids is 1. The van der Waals surface area contributed by atoms with Crippen LogP contribution >= 0.6 is 0 Å². The van der Waals surface area contributed by atoms with Crippen LogP contribution in [-0.2, 0) is 11.3 Å². The number of imidazole rings is 1. The molecule has 1 aliphatic rings. The van der Waals surface area contributed by atoms with Crippen LogP contribution in [0.25, 0.3) is 11.0 Å². The van der Waals surface area contributed by atoms with Crippen molar-refractivity contribution in [1.29, 1.82) is 0 Å². The highest BCUT2D eigenvalue weighted by Crippen LogP contribution is 2.49. The van der Waals surface area contributed by atoms with Gasteiger partial charge in [-0.3, -0.25) is 4.79 Å². The predicted octanol–water partition coefficient (Wildman–Crippen LogP) is 7.66. The molecule has 0 spiro atoms. The van der Waals surface area contributed by atoms with Gasteiger partial charge in [0.05, 0.1) is 5.52 Å². The molecule has 2 aromatic rings. The molecule has 0 amide bonds. The van der Waals surface area contributed by atoms with Crippen molar-refractivity contribution in [2.24, 2.45) is 27.5 Å². The molecule has 0 saturated carbocycles. The molecule has 1 atom stereocenters. The SMILES string of the molecule is CCCCC1(CCCC)CC(=O)C(N=Nc2nc3cccc(F)c3n2CC(C)C)=C(O)C1C. The number of para-hydroxylation sites is 1. The lowest BCUT2D eigenvalue weighted by atomic mass is 9.63. The summed E-state index contributed by atoms with van der Waals surface area (Å²) in [6.45, 7) is 10.8. The van der Waals surface area contributed by atoms with Crippen LogP contribution in [0, 0.1) is 23.1 Å². The van der Waals surface area contributed by atoms with E-state index in [1.54, 1.807) is 16.7 Å². The van der Waals surface area contributed by atoms with Gasteiger partial charge in [-0.25, -0.2) is 9.37 Å². The van der Waals surface area contributed by atoms with E-state index in [1.165, 1.54) is 6.07 Å². The Morgan fingerprint density at radius 1 is 1.21 bits per heavy atom. The normalized spacial score (nSPS) is 18.9. The summed E-state index contributed by atoms with van der Waals surface area (Å²) in [5, 5.41) is 19.5. The van der Waals surface area contributed by atoms with E-state index < -0.39 is 0 Å². The van der Waals surface area contributed by atoms with Crippen LogP contribution in [0.4, 0.5) is 10.3 Å². The third-order valence-corrected chi connectivity index (χ3v) is 6.89. The first-order valence-electron chi connectivity index (χ1n) is 12.3. The van der Waals surface area contributed by atoms with Crippen molar-refractivity contribution in [3.8, 4) is 0 Å². The summed E-state index contributed by atoms with van der Waals surface area (Å²) >= 11 is 0.